The molecule has 0 aromatic rings. The first kappa shape index (κ1) is 12.0. The molecule has 0 aromatic heterocycles. The van der Waals surface area contributed by atoms with Crippen LogP contribution in [-0.2, 0) is 0 Å². The van der Waals surface area contributed by atoms with E-state index in [1.54, 1.807) is 6.20 Å². The highest BCUT2D eigenvalue weighted by molar-refractivity contribution is 9.12. The highest BCUT2D eigenvalue weighted by Crippen LogP contribution is 2.42. The van der Waals surface area contributed by atoms with E-state index in [4.69, 9.17) is 0 Å². The average Bonchev–Trinajstić information content (AvgIpc) is 2.12. The van der Waals surface area contributed by atoms with Crippen LogP contribution >= 0.6 is 15.9 Å². The fourth-order valence-electron chi connectivity index (χ4n) is 2.15. The maximum atomic E-state index is 12.6. The molecule has 5 heteroatoms. The molecule has 1 aliphatic heterocycles. The minimum Gasteiger partial charge on any atom is -0.367 e. The van der Waals surface area contributed by atoms with Crippen LogP contribution in [0.1, 0.15) is 26.2 Å². The maximum Gasteiger partial charge on any atom is 0.417 e. The molecular formula is C11H13BrF3N. The van der Waals surface area contributed by atoms with E-state index in [9.17, 15) is 13.2 Å². The Labute approximate surface area is 101 Å². The molecule has 2 rings (SSSR count). The Bertz CT molecular complexity index is 353. The Balaban J connectivity index is 2.16. The number of rotatable bonds is 1. The molecular weight excluding hydrogens is 283 g/mol. The molecule has 0 amide bonds. The number of allylic oxidation sites excluding steroid dienone is 2. The van der Waals surface area contributed by atoms with Crippen molar-refractivity contribution in [2.24, 2.45) is 0 Å². The van der Waals surface area contributed by atoms with Gasteiger partial charge in [0.2, 0.25) is 0 Å². The van der Waals surface area contributed by atoms with Crippen molar-refractivity contribution in [3.8, 4) is 0 Å². The third-order valence-electron chi connectivity index (χ3n) is 3.45. The molecule has 1 aliphatic carbocycles. The number of halogens is 4. The molecule has 0 aromatic carbocycles. The second-order valence-corrected chi connectivity index (χ2v) is 5.45. The summed E-state index contributed by atoms with van der Waals surface area (Å²) in [7, 11) is 0. The van der Waals surface area contributed by atoms with Crippen molar-refractivity contribution in [3.63, 3.8) is 0 Å². The van der Waals surface area contributed by atoms with Gasteiger partial charge in [0.15, 0.2) is 0 Å². The first-order valence-electron chi connectivity index (χ1n) is 5.25. The van der Waals surface area contributed by atoms with Crippen LogP contribution in [0, 0.1) is 0 Å². The maximum absolute atomic E-state index is 12.6. The lowest BCUT2D eigenvalue weighted by atomic mass is 9.77. The summed E-state index contributed by atoms with van der Waals surface area (Å²) in [6.45, 7) is 2.44. The van der Waals surface area contributed by atoms with Gasteiger partial charge in [-0.3, -0.25) is 0 Å². The van der Waals surface area contributed by atoms with E-state index >= 15 is 0 Å². The molecule has 2 aliphatic rings. The van der Waals surface area contributed by atoms with Gasteiger partial charge in [0, 0.05) is 22.8 Å². The van der Waals surface area contributed by atoms with Gasteiger partial charge in [-0.2, -0.15) is 13.2 Å². The molecule has 0 spiro atoms. The summed E-state index contributed by atoms with van der Waals surface area (Å²) in [4.78, 5) is 2.00. The summed E-state index contributed by atoms with van der Waals surface area (Å²) in [6.07, 6.45) is 1.85. The Kier molecular flexibility index (Phi) is 2.85. The van der Waals surface area contributed by atoms with Crippen LogP contribution in [0.15, 0.2) is 22.3 Å². The number of hydrogen-bond acceptors (Lipinski definition) is 1. The van der Waals surface area contributed by atoms with Crippen LogP contribution < -0.4 is 0 Å². The molecule has 90 valence electrons. The lowest BCUT2D eigenvalue weighted by molar-refractivity contribution is -0.0896. The van der Waals surface area contributed by atoms with E-state index in [-0.39, 0.29) is 10.0 Å². The highest BCUT2D eigenvalue weighted by Gasteiger charge is 2.41. The molecule has 0 radical (unpaired) electrons. The monoisotopic (exact) mass is 295 g/mol. The minimum absolute atomic E-state index is 0.0483. The van der Waals surface area contributed by atoms with Gasteiger partial charge >= 0.3 is 6.18 Å². The normalized spacial score (nSPS) is 24.7. The summed E-state index contributed by atoms with van der Waals surface area (Å²) in [5.74, 6) is 0. The van der Waals surface area contributed by atoms with Crippen molar-refractivity contribution in [2.45, 2.75) is 37.9 Å². The quantitative estimate of drug-likeness (QED) is 0.707. The molecule has 0 N–H and O–H groups in total. The second kappa shape index (κ2) is 3.79. The van der Waals surface area contributed by atoms with Gasteiger partial charge < -0.3 is 4.90 Å². The predicted molar refractivity (Wildman–Crippen MR) is 60.1 cm³/mol. The highest BCUT2D eigenvalue weighted by atomic mass is 79.9. The van der Waals surface area contributed by atoms with Crippen molar-refractivity contribution >= 4 is 15.9 Å². The molecule has 16 heavy (non-hydrogen) atoms. The minimum atomic E-state index is -4.26. The lowest BCUT2D eigenvalue weighted by Gasteiger charge is -2.48. The zero-order chi connectivity index (χ0) is 12.0. The summed E-state index contributed by atoms with van der Waals surface area (Å²) in [5, 5.41) is 0. The van der Waals surface area contributed by atoms with Gasteiger partial charge in [0.1, 0.15) is 0 Å². The summed E-state index contributed by atoms with van der Waals surface area (Å²) in [5.41, 5.74) is -0.515. The Morgan fingerprint density at radius 1 is 1.38 bits per heavy atom. The van der Waals surface area contributed by atoms with Crippen molar-refractivity contribution in [1.29, 1.82) is 0 Å². The number of alkyl halides is 3. The van der Waals surface area contributed by atoms with Crippen LogP contribution in [-0.4, -0.2) is 23.2 Å². The SMILES string of the molecule is CC1(N2C=C(Br)C(C(F)(F)F)=CC2)CCC1. The van der Waals surface area contributed by atoms with Crippen molar-refractivity contribution in [2.75, 3.05) is 6.54 Å². The first-order valence-corrected chi connectivity index (χ1v) is 6.04. The smallest absolute Gasteiger partial charge is 0.367 e. The largest absolute Gasteiger partial charge is 0.417 e. The Morgan fingerprint density at radius 2 is 2.00 bits per heavy atom. The molecule has 1 nitrogen and oxygen atoms in total. The Morgan fingerprint density at radius 3 is 2.38 bits per heavy atom. The van der Waals surface area contributed by atoms with Crippen LogP contribution in [0.4, 0.5) is 13.2 Å². The zero-order valence-electron chi connectivity index (χ0n) is 8.94. The van der Waals surface area contributed by atoms with Crippen LogP contribution in [0.2, 0.25) is 0 Å². The number of nitrogens with zero attached hydrogens (tertiary/aromatic N) is 1. The molecule has 1 saturated carbocycles. The molecule has 0 atom stereocenters. The van der Waals surface area contributed by atoms with Crippen LogP contribution in [0.25, 0.3) is 0 Å². The standard InChI is InChI=1S/C11H13BrF3N/c1-10(4-2-5-10)16-6-3-8(9(12)7-16)11(13,14)15/h3,7H,2,4-6H2,1H3. The average molecular weight is 296 g/mol. The predicted octanol–water partition coefficient (Wildman–Crippen LogP) is 3.97. The van der Waals surface area contributed by atoms with E-state index in [1.807, 2.05) is 4.90 Å². The lowest BCUT2D eigenvalue weighted by Crippen LogP contribution is -2.49. The van der Waals surface area contributed by atoms with Gasteiger partial charge in [0.25, 0.3) is 0 Å². The van der Waals surface area contributed by atoms with Gasteiger partial charge in [0.05, 0.1) is 5.57 Å². The molecule has 1 heterocycles. The molecule has 0 bridgehead atoms. The summed E-state index contributed by atoms with van der Waals surface area (Å²) in [6, 6.07) is 0. The molecule has 1 fully saturated rings. The summed E-state index contributed by atoms with van der Waals surface area (Å²) < 4.78 is 37.8. The van der Waals surface area contributed by atoms with Crippen molar-refractivity contribution < 1.29 is 13.2 Å². The van der Waals surface area contributed by atoms with E-state index in [0.29, 0.717) is 6.54 Å². The van der Waals surface area contributed by atoms with Crippen LogP contribution in [0.5, 0.6) is 0 Å². The molecule has 0 saturated heterocycles. The van der Waals surface area contributed by atoms with Gasteiger partial charge in [-0.25, -0.2) is 0 Å². The number of hydrogen-bond donors (Lipinski definition) is 0. The third-order valence-corrected chi connectivity index (χ3v) is 4.08. The van der Waals surface area contributed by atoms with E-state index in [1.165, 1.54) is 6.08 Å². The fourth-order valence-corrected chi connectivity index (χ4v) is 2.78. The van der Waals surface area contributed by atoms with Crippen molar-refractivity contribution in [3.05, 3.63) is 22.3 Å². The zero-order valence-corrected chi connectivity index (χ0v) is 10.5. The van der Waals surface area contributed by atoms with Gasteiger partial charge in [-0.15, -0.1) is 0 Å². The molecule has 0 unspecified atom stereocenters. The van der Waals surface area contributed by atoms with E-state index in [2.05, 4.69) is 22.9 Å². The first-order chi connectivity index (χ1) is 7.33. The topological polar surface area (TPSA) is 3.24 Å². The van der Waals surface area contributed by atoms with E-state index < -0.39 is 11.7 Å². The fraction of sp³-hybridized carbons (Fsp3) is 0.636. The summed E-state index contributed by atoms with van der Waals surface area (Å²) >= 11 is 3.01. The second-order valence-electron chi connectivity index (χ2n) is 4.60. The Hall–Kier alpha value is -0.450. The van der Waals surface area contributed by atoms with Crippen molar-refractivity contribution in [1.82, 2.24) is 4.90 Å². The van der Waals surface area contributed by atoms with E-state index in [0.717, 1.165) is 19.3 Å². The van der Waals surface area contributed by atoms with Crippen LogP contribution in [0.3, 0.4) is 0 Å². The third kappa shape index (κ3) is 2.01. The van der Waals surface area contributed by atoms with Gasteiger partial charge in [-0.1, -0.05) is 6.08 Å². The van der Waals surface area contributed by atoms with Gasteiger partial charge in [-0.05, 0) is 42.1 Å².